The van der Waals surface area contributed by atoms with Crippen molar-refractivity contribution in [1.29, 1.82) is 0 Å². The zero-order valence-electron chi connectivity index (χ0n) is 19.8. The summed E-state index contributed by atoms with van der Waals surface area (Å²) in [6.45, 7) is 9.35. The zero-order chi connectivity index (χ0) is 24.6. The van der Waals surface area contributed by atoms with E-state index in [4.69, 9.17) is 9.47 Å². The zero-order valence-corrected chi connectivity index (χ0v) is 20.6. The molecule has 180 valence electrons. The smallest absolute Gasteiger partial charge is 0.344 e. The lowest BCUT2D eigenvalue weighted by Gasteiger charge is -2.18. The highest BCUT2D eigenvalue weighted by Gasteiger charge is 2.22. The Balaban J connectivity index is 1.92. The first kappa shape index (κ1) is 26.3. The van der Waals surface area contributed by atoms with Gasteiger partial charge in [0.1, 0.15) is 5.75 Å². The van der Waals surface area contributed by atoms with Crippen LogP contribution in [0.1, 0.15) is 44.7 Å². The lowest BCUT2D eigenvalue weighted by atomic mass is 10.0. The molecule has 2 rings (SSSR count). The Hall–Kier alpha value is -2.91. The van der Waals surface area contributed by atoms with Crippen LogP contribution in [0.25, 0.3) is 0 Å². The molecular formula is C24H32N2O6S. The van der Waals surface area contributed by atoms with Crippen LogP contribution >= 0.6 is 0 Å². The number of nitrogens with one attached hydrogen (secondary N) is 1. The number of hydrogen-bond donors (Lipinski definition) is 1. The number of hydrogen-bond acceptors (Lipinski definition) is 6. The summed E-state index contributed by atoms with van der Waals surface area (Å²) in [6.07, 6.45) is 0. The highest BCUT2D eigenvalue weighted by Crippen LogP contribution is 2.27. The molecule has 0 aliphatic carbocycles. The van der Waals surface area contributed by atoms with Crippen LogP contribution in [0.4, 0.5) is 5.69 Å². The fourth-order valence-electron chi connectivity index (χ4n) is 3.21. The van der Waals surface area contributed by atoms with Crippen LogP contribution in [0.3, 0.4) is 0 Å². The normalized spacial score (nSPS) is 11.5. The summed E-state index contributed by atoms with van der Waals surface area (Å²) < 4.78 is 37.2. The molecule has 2 aromatic carbocycles. The van der Waals surface area contributed by atoms with Gasteiger partial charge >= 0.3 is 5.97 Å². The van der Waals surface area contributed by atoms with Gasteiger partial charge in [-0.2, -0.15) is 4.31 Å². The number of sulfonamides is 1. The summed E-state index contributed by atoms with van der Waals surface area (Å²) in [5.74, 6) is -0.431. The molecule has 33 heavy (non-hydrogen) atoms. The van der Waals surface area contributed by atoms with Crippen molar-refractivity contribution in [2.45, 2.75) is 45.4 Å². The molecule has 1 N–H and O–H groups in total. The van der Waals surface area contributed by atoms with Gasteiger partial charge in [-0.1, -0.05) is 45.9 Å². The summed E-state index contributed by atoms with van der Waals surface area (Å²) in [6, 6.07) is 11.7. The first-order chi connectivity index (χ1) is 15.6. The van der Waals surface area contributed by atoms with Gasteiger partial charge in [0.15, 0.2) is 13.2 Å². The Labute approximate surface area is 195 Å². The molecule has 2 aromatic rings. The Morgan fingerprint density at radius 2 is 1.73 bits per heavy atom. The van der Waals surface area contributed by atoms with E-state index in [0.29, 0.717) is 24.5 Å². The number of anilines is 1. The van der Waals surface area contributed by atoms with Gasteiger partial charge in [0.25, 0.3) is 5.91 Å². The fraction of sp³-hybridized carbons (Fsp3) is 0.417. The summed E-state index contributed by atoms with van der Waals surface area (Å²) in [5.41, 5.74) is 2.28. The van der Waals surface area contributed by atoms with Gasteiger partial charge in [-0.05, 0) is 48.2 Å². The second-order valence-corrected chi connectivity index (χ2v) is 9.75. The van der Waals surface area contributed by atoms with E-state index in [9.17, 15) is 18.0 Å². The molecular weight excluding hydrogens is 444 g/mol. The topological polar surface area (TPSA) is 102 Å². The highest BCUT2D eigenvalue weighted by molar-refractivity contribution is 7.89. The van der Waals surface area contributed by atoms with E-state index in [1.807, 2.05) is 39.0 Å². The van der Waals surface area contributed by atoms with Gasteiger partial charge < -0.3 is 14.8 Å². The van der Waals surface area contributed by atoms with Gasteiger partial charge in [0, 0.05) is 18.8 Å². The standard InChI is InChI=1S/C24H32N2O6S/c1-6-26(7-2)33(29,30)20-10-8-9-19(14-20)25-23(27)15-32-24(28)16-31-22-13-18(5)11-12-21(22)17(3)4/h8-14,17H,6-7,15-16H2,1-5H3,(H,25,27). The molecule has 9 heteroatoms. The predicted octanol–water partition coefficient (Wildman–Crippen LogP) is 3.71. The molecule has 0 radical (unpaired) electrons. The number of nitrogens with zero attached hydrogens (tertiary/aromatic N) is 1. The second-order valence-electron chi connectivity index (χ2n) is 7.81. The molecule has 0 fully saturated rings. The molecule has 0 atom stereocenters. The van der Waals surface area contributed by atoms with Gasteiger partial charge in [-0.25, -0.2) is 13.2 Å². The maximum atomic E-state index is 12.7. The van der Waals surface area contributed by atoms with Gasteiger partial charge in [-0.3, -0.25) is 4.79 Å². The Morgan fingerprint density at radius 1 is 1.03 bits per heavy atom. The minimum Gasteiger partial charge on any atom is -0.482 e. The molecule has 0 saturated heterocycles. The Morgan fingerprint density at radius 3 is 2.36 bits per heavy atom. The molecule has 0 spiro atoms. The van der Waals surface area contributed by atoms with E-state index in [1.165, 1.54) is 16.4 Å². The molecule has 0 saturated carbocycles. The largest absolute Gasteiger partial charge is 0.482 e. The molecule has 0 aromatic heterocycles. The van der Waals surface area contributed by atoms with Crippen LogP contribution in [-0.2, 0) is 24.3 Å². The Bertz CT molecular complexity index is 1080. The number of ether oxygens (including phenoxy) is 2. The number of carbonyl (C=O) groups is 2. The van der Waals surface area contributed by atoms with Crippen LogP contribution in [0.2, 0.25) is 0 Å². The van der Waals surface area contributed by atoms with E-state index in [0.717, 1.165) is 11.1 Å². The maximum absolute atomic E-state index is 12.7. The summed E-state index contributed by atoms with van der Waals surface area (Å²) in [4.78, 5) is 24.3. The number of amides is 1. The van der Waals surface area contributed by atoms with Crippen molar-refractivity contribution >= 4 is 27.6 Å². The first-order valence-corrected chi connectivity index (χ1v) is 12.3. The van der Waals surface area contributed by atoms with Crippen molar-refractivity contribution in [2.24, 2.45) is 0 Å². The number of rotatable bonds is 11. The van der Waals surface area contributed by atoms with Gasteiger partial charge in [0.05, 0.1) is 4.90 Å². The lowest BCUT2D eigenvalue weighted by Crippen LogP contribution is -2.30. The van der Waals surface area contributed by atoms with Crippen molar-refractivity contribution in [3.63, 3.8) is 0 Å². The third kappa shape index (κ3) is 7.30. The Kier molecular flexibility index (Phi) is 9.43. The number of benzene rings is 2. The molecule has 0 aliphatic rings. The van der Waals surface area contributed by atoms with Crippen LogP contribution in [0, 0.1) is 6.92 Å². The van der Waals surface area contributed by atoms with E-state index in [2.05, 4.69) is 5.32 Å². The van der Waals surface area contributed by atoms with Crippen molar-refractivity contribution in [3.05, 3.63) is 53.6 Å². The van der Waals surface area contributed by atoms with Crippen LogP contribution < -0.4 is 10.1 Å². The van der Waals surface area contributed by atoms with E-state index < -0.39 is 28.5 Å². The summed E-state index contributed by atoms with van der Waals surface area (Å²) >= 11 is 0. The van der Waals surface area contributed by atoms with Crippen molar-refractivity contribution in [1.82, 2.24) is 4.31 Å². The minimum absolute atomic E-state index is 0.0773. The molecule has 1 amide bonds. The quantitative estimate of drug-likeness (QED) is 0.496. The van der Waals surface area contributed by atoms with Crippen LogP contribution in [-0.4, -0.2) is 50.9 Å². The third-order valence-electron chi connectivity index (χ3n) is 4.96. The minimum atomic E-state index is -3.65. The monoisotopic (exact) mass is 476 g/mol. The van der Waals surface area contributed by atoms with Gasteiger partial charge in [-0.15, -0.1) is 0 Å². The van der Waals surface area contributed by atoms with Crippen molar-refractivity contribution < 1.29 is 27.5 Å². The van der Waals surface area contributed by atoms with E-state index in [1.54, 1.807) is 26.0 Å². The summed E-state index contributed by atoms with van der Waals surface area (Å²) in [5, 5.41) is 2.55. The van der Waals surface area contributed by atoms with Crippen molar-refractivity contribution in [2.75, 3.05) is 31.6 Å². The predicted molar refractivity (Wildman–Crippen MR) is 127 cm³/mol. The lowest BCUT2D eigenvalue weighted by molar-refractivity contribution is -0.149. The van der Waals surface area contributed by atoms with Gasteiger partial charge in [0.2, 0.25) is 10.0 Å². The first-order valence-electron chi connectivity index (χ1n) is 10.9. The van der Waals surface area contributed by atoms with Crippen LogP contribution in [0.15, 0.2) is 47.4 Å². The SMILES string of the molecule is CCN(CC)S(=O)(=O)c1cccc(NC(=O)COC(=O)COc2cc(C)ccc2C(C)C)c1. The highest BCUT2D eigenvalue weighted by atomic mass is 32.2. The van der Waals surface area contributed by atoms with E-state index in [-0.39, 0.29) is 17.4 Å². The molecule has 0 heterocycles. The fourth-order valence-corrected chi connectivity index (χ4v) is 4.72. The van der Waals surface area contributed by atoms with E-state index >= 15 is 0 Å². The molecule has 0 aliphatic heterocycles. The summed E-state index contributed by atoms with van der Waals surface area (Å²) in [7, 11) is -3.65. The number of aryl methyl sites for hydroxylation is 1. The molecule has 0 bridgehead atoms. The average molecular weight is 477 g/mol. The molecule has 8 nitrogen and oxygen atoms in total. The molecule has 0 unspecified atom stereocenters. The second kappa shape index (κ2) is 11.8. The average Bonchev–Trinajstić information content (AvgIpc) is 2.77. The maximum Gasteiger partial charge on any atom is 0.344 e. The third-order valence-corrected chi connectivity index (χ3v) is 7.01. The van der Waals surface area contributed by atoms with Crippen molar-refractivity contribution in [3.8, 4) is 5.75 Å². The van der Waals surface area contributed by atoms with Crippen LogP contribution in [0.5, 0.6) is 5.75 Å². The number of esters is 1. The number of carbonyl (C=O) groups excluding carboxylic acids is 2.